The Morgan fingerprint density at radius 1 is 1.29 bits per heavy atom. The van der Waals surface area contributed by atoms with Gasteiger partial charge >= 0.3 is 6.18 Å². The van der Waals surface area contributed by atoms with Crippen LogP contribution in [0.3, 0.4) is 0 Å². The summed E-state index contributed by atoms with van der Waals surface area (Å²) >= 11 is 0. The Morgan fingerprint density at radius 2 is 1.92 bits per heavy atom. The minimum atomic E-state index is -4.35. The van der Waals surface area contributed by atoms with E-state index in [2.05, 4.69) is 4.99 Å². The van der Waals surface area contributed by atoms with Crippen LogP contribution in [0.25, 0.3) is 0 Å². The van der Waals surface area contributed by atoms with Crippen LogP contribution in [-0.4, -0.2) is 44.7 Å². The molecule has 1 aromatic rings. The summed E-state index contributed by atoms with van der Waals surface area (Å²) in [4.78, 5) is 6.05. The van der Waals surface area contributed by atoms with Crippen LogP contribution >= 0.6 is 24.0 Å². The summed E-state index contributed by atoms with van der Waals surface area (Å²) in [5, 5.41) is 0. The predicted octanol–water partition coefficient (Wildman–Crippen LogP) is 3.25. The minimum absolute atomic E-state index is 0. The van der Waals surface area contributed by atoms with E-state index in [0.717, 1.165) is 6.07 Å². The monoisotopic (exact) mass is 457 g/mol. The van der Waals surface area contributed by atoms with Crippen LogP contribution in [0.15, 0.2) is 29.3 Å². The molecule has 8 heteroatoms. The van der Waals surface area contributed by atoms with Gasteiger partial charge in [0, 0.05) is 32.7 Å². The molecule has 0 amide bonds. The van der Waals surface area contributed by atoms with E-state index in [9.17, 15) is 13.2 Å². The maximum Gasteiger partial charge on any atom is 0.416 e. The van der Waals surface area contributed by atoms with Gasteiger partial charge in [-0.2, -0.15) is 13.2 Å². The summed E-state index contributed by atoms with van der Waals surface area (Å²) < 4.78 is 44.4. The fourth-order valence-corrected chi connectivity index (χ4v) is 2.70. The number of hydrogen-bond donors (Lipinski definition) is 1. The van der Waals surface area contributed by atoms with Crippen LogP contribution < -0.4 is 5.73 Å². The second-order valence-corrected chi connectivity index (χ2v) is 6.04. The van der Waals surface area contributed by atoms with E-state index in [4.69, 9.17) is 10.5 Å². The molecule has 0 bridgehead atoms. The molecule has 0 aromatic heterocycles. The van der Waals surface area contributed by atoms with Gasteiger partial charge in [0.1, 0.15) is 0 Å². The van der Waals surface area contributed by atoms with Gasteiger partial charge in [0.15, 0.2) is 5.96 Å². The van der Waals surface area contributed by atoms with Gasteiger partial charge in [-0.3, -0.25) is 4.99 Å². The third-order valence-corrected chi connectivity index (χ3v) is 4.25. The van der Waals surface area contributed by atoms with Gasteiger partial charge in [-0.25, -0.2) is 0 Å². The maximum absolute atomic E-state index is 13.0. The van der Waals surface area contributed by atoms with Crippen LogP contribution in [0.1, 0.15) is 24.0 Å². The van der Waals surface area contributed by atoms with Gasteiger partial charge < -0.3 is 15.4 Å². The summed E-state index contributed by atoms with van der Waals surface area (Å²) in [5.41, 5.74) is 5.37. The lowest BCUT2D eigenvalue weighted by atomic mass is 9.74. The van der Waals surface area contributed by atoms with E-state index in [0.29, 0.717) is 44.1 Å². The molecule has 1 aromatic carbocycles. The first-order chi connectivity index (χ1) is 10.7. The fourth-order valence-electron chi connectivity index (χ4n) is 2.70. The molecule has 0 aliphatic carbocycles. The lowest BCUT2D eigenvalue weighted by Crippen LogP contribution is -2.39. The average molecular weight is 457 g/mol. The van der Waals surface area contributed by atoms with Gasteiger partial charge in [-0.1, -0.05) is 18.2 Å². The van der Waals surface area contributed by atoms with Crippen molar-refractivity contribution in [2.75, 3.05) is 33.9 Å². The number of aliphatic imine (C=N–C) groups is 1. The van der Waals surface area contributed by atoms with Crippen LogP contribution in [0.5, 0.6) is 0 Å². The molecule has 1 heterocycles. The highest BCUT2D eigenvalue weighted by atomic mass is 127. The van der Waals surface area contributed by atoms with Crippen molar-refractivity contribution in [2.24, 2.45) is 10.7 Å². The molecule has 4 nitrogen and oxygen atoms in total. The molecule has 0 atom stereocenters. The SMILES string of the molecule is CN(C)C(N)=NCC1(c2cccc(C(F)(F)F)c2)CCOCC1.I. The number of rotatable bonds is 3. The quantitative estimate of drug-likeness (QED) is 0.431. The van der Waals surface area contributed by atoms with E-state index >= 15 is 0 Å². The van der Waals surface area contributed by atoms with Crippen molar-refractivity contribution in [1.29, 1.82) is 0 Å². The average Bonchev–Trinajstić information content (AvgIpc) is 2.52. The highest BCUT2D eigenvalue weighted by Gasteiger charge is 2.37. The Balaban J connectivity index is 0.00000288. The number of nitrogens with zero attached hydrogens (tertiary/aromatic N) is 2. The van der Waals surface area contributed by atoms with Crippen molar-refractivity contribution in [3.05, 3.63) is 35.4 Å². The second kappa shape index (κ2) is 8.37. The van der Waals surface area contributed by atoms with Crippen LogP contribution in [0, 0.1) is 0 Å². The zero-order valence-electron chi connectivity index (χ0n) is 13.8. The van der Waals surface area contributed by atoms with Crippen LogP contribution in [-0.2, 0) is 16.3 Å². The number of alkyl halides is 3. The van der Waals surface area contributed by atoms with Gasteiger partial charge in [-0.15, -0.1) is 24.0 Å². The number of nitrogens with two attached hydrogens (primary N) is 1. The molecule has 1 fully saturated rings. The standard InChI is InChI=1S/C16H22F3N3O.HI/c1-22(2)14(20)21-11-15(6-8-23-9-7-15)12-4-3-5-13(10-12)16(17,18)19;/h3-5,10H,6-9,11H2,1-2H3,(H2,20,21);1H. The predicted molar refractivity (Wildman–Crippen MR) is 98.8 cm³/mol. The summed E-state index contributed by atoms with van der Waals surface area (Å²) in [6.45, 7) is 1.36. The third kappa shape index (κ3) is 4.98. The van der Waals surface area contributed by atoms with Gasteiger partial charge in [-0.05, 0) is 24.5 Å². The highest BCUT2D eigenvalue weighted by Crippen LogP contribution is 2.38. The van der Waals surface area contributed by atoms with Gasteiger partial charge in [0.2, 0.25) is 0 Å². The normalized spacial score (nSPS) is 18.0. The molecule has 1 aliphatic heterocycles. The Hall–Kier alpha value is -1.03. The van der Waals surface area contributed by atoms with Crippen molar-refractivity contribution in [1.82, 2.24) is 4.90 Å². The largest absolute Gasteiger partial charge is 0.416 e. The molecular weight excluding hydrogens is 434 g/mol. The van der Waals surface area contributed by atoms with Crippen molar-refractivity contribution in [2.45, 2.75) is 24.4 Å². The lowest BCUT2D eigenvalue weighted by Gasteiger charge is -2.37. The van der Waals surface area contributed by atoms with Crippen LogP contribution in [0.2, 0.25) is 0 Å². The number of benzene rings is 1. The lowest BCUT2D eigenvalue weighted by molar-refractivity contribution is -0.137. The number of halogens is 4. The van der Waals surface area contributed by atoms with Gasteiger partial charge in [0.25, 0.3) is 0 Å². The van der Waals surface area contributed by atoms with Crippen molar-refractivity contribution in [3.8, 4) is 0 Å². The molecule has 1 aliphatic rings. The molecule has 2 rings (SSSR count). The highest BCUT2D eigenvalue weighted by molar-refractivity contribution is 14.0. The summed E-state index contributed by atoms with van der Waals surface area (Å²) in [6, 6.07) is 5.51. The van der Waals surface area contributed by atoms with Gasteiger partial charge in [0.05, 0.1) is 12.1 Å². The first-order valence-electron chi connectivity index (χ1n) is 7.47. The molecule has 24 heavy (non-hydrogen) atoms. The first kappa shape index (κ1) is 21.0. The van der Waals surface area contributed by atoms with Crippen molar-refractivity contribution in [3.63, 3.8) is 0 Å². The second-order valence-electron chi connectivity index (χ2n) is 6.04. The minimum Gasteiger partial charge on any atom is -0.381 e. The smallest absolute Gasteiger partial charge is 0.381 e. The van der Waals surface area contributed by atoms with Crippen molar-refractivity contribution < 1.29 is 17.9 Å². The first-order valence-corrected chi connectivity index (χ1v) is 7.47. The van der Waals surface area contributed by atoms with E-state index in [-0.39, 0.29) is 24.0 Å². The molecule has 0 unspecified atom stereocenters. The maximum atomic E-state index is 13.0. The third-order valence-electron chi connectivity index (χ3n) is 4.25. The number of ether oxygens (including phenoxy) is 1. The molecule has 0 spiro atoms. The Labute approximate surface area is 157 Å². The van der Waals surface area contributed by atoms with E-state index in [1.165, 1.54) is 12.1 Å². The molecule has 1 saturated heterocycles. The number of guanidine groups is 1. The molecule has 0 saturated carbocycles. The Morgan fingerprint density at radius 3 is 2.46 bits per heavy atom. The molecule has 2 N–H and O–H groups in total. The van der Waals surface area contributed by atoms with Crippen molar-refractivity contribution >= 4 is 29.9 Å². The Bertz CT molecular complexity index is 570. The van der Waals surface area contributed by atoms with Crippen LogP contribution in [0.4, 0.5) is 13.2 Å². The van der Waals surface area contributed by atoms with E-state index in [1.54, 1.807) is 25.1 Å². The summed E-state index contributed by atoms with van der Waals surface area (Å²) in [5.74, 6) is 0.364. The summed E-state index contributed by atoms with van der Waals surface area (Å²) in [6.07, 6.45) is -3.11. The summed E-state index contributed by atoms with van der Waals surface area (Å²) in [7, 11) is 3.56. The zero-order chi connectivity index (χ0) is 17.1. The van der Waals surface area contributed by atoms with E-state index < -0.39 is 17.2 Å². The fraction of sp³-hybridized carbons (Fsp3) is 0.562. The molecular formula is C16H23F3IN3O. The Kier molecular flexibility index (Phi) is 7.33. The molecule has 0 radical (unpaired) electrons. The zero-order valence-corrected chi connectivity index (χ0v) is 16.1. The topological polar surface area (TPSA) is 50.8 Å². The molecule has 136 valence electrons. The number of hydrogen-bond acceptors (Lipinski definition) is 2. The van der Waals surface area contributed by atoms with E-state index in [1.807, 2.05) is 0 Å².